The van der Waals surface area contributed by atoms with Gasteiger partial charge in [-0.05, 0) is 27.7 Å². The summed E-state index contributed by atoms with van der Waals surface area (Å²) in [6.07, 6.45) is -0.842. The summed E-state index contributed by atoms with van der Waals surface area (Å²) >= 11 is 0. The predicted octanol–water partition coefficient (Wildman–Crippen LogP) is 1.48. The van der Waals surface area contributed by atoms with Crippen molar-refractivity contribution in [3.8, 4) is 0 Å². The van der Waals surface area contributed by atoms with E-state index in [1.807, 2.05) is 0 Å². The highest BCUT2D eigenvalue weighted by molar-refractivity contribution is 5.67. The maximum atomic E-state index is 11.1. The molecule has 5 nitrogen and oxygen atoms in total. The summed E-state index contributed by atoms with van der Waals surface area (Å²) in [7, 11) is 1.53. The van der Waals surface area contributed by atoms with Crippen molar-refractivity contribution in [2.24, 2.45) is 0 Å². The molecule has 0 aliphatic heterocycles. The van der Waals surface area contributed by atoms with Crippen molar-refractivity contribution in [2.45, 2.75) is 39.6 Å². The molecule has 0 saturated heterocycles. The Balaban J connectivity index is 3.55. The fourth-order valence-corrected chi connectivity index (χ4v) is 0.600. The van der Waals surface area contributed by atoms with E-state index in [0.29, 0.717) is 0 Å². The van der Waals surface area contributed by atoms with Crippen LogP contribution in [-0.2, 0) is 14.2 Å². The number of nitrogens with one attached hydrogen (secondary N) is 1. The first kappa shape index (κ1) is 13.2. The number of hydrogen-bond donors (Lipinski definition) is 1. The zero-order chi connectivity index (χ0) is 11.2. The summed E-state index contributed by atoms with van der Waals surface area (Å²) in [6, 6.07) is 0. The molecule has 0 saturated carbocycles. The molecule has 0 rings (SSSR count). The van der Waals surface area contributed by atoms with Crippen LogP contribution in [0.25, 0.3) is 0 Å². The molecular weight excluding hydrogens is 186 g/mol. The predicted molar refractivity (Wildman–Crippen MR) is 51.8 cm³/mol. The van der Waals surface area contributed by atoms with Gasteiger partial charge in [-0.1, -0.05) is 0 Å². The van der Waals surface area contributed by atoms with Crippen molar-refractivity contribution in [2.75, 3.05) is 13.8 Å². The molecule has 1 unspecified atom stereocenters. The second-order valence-electron chi connectivity index (χ2n) is 3.79. The van der Waals surface area contributed by atoms with Gasteiger partial charge < -0.3 is 14.2 Å². The average molecular weight is 205 g/mol. The Kier molecular flexibility index (Phi) is 5.49. The molecule has 0 bridgehead atoms. The van der Waals surface area contributed by atoms with Gasteiger partial charge in [0.05, 0.1) is 0 Å². The minimum atomic E-state index is -0.499. The molecule has 0 aromatic carbocycles. The summed E-state index contributed by atoms with van der Waals surface area (Å²) < 4.78 is 14.8. The zero-order valence-corrected chi connectivity index (χ0v) is 9.42. The number of carbonyl (C=O) groups excluding carboxylic acids is 1. The third kappa shape index (κ3) is 7.82. The standard InChI is InChI=1S/C9H19NO4/c1-7(12-5)13-6-10-8(11)14-9(2,3)4/h7H,6H2,1-5H3,(H,10,11). The van der Waals surface area contributed by atoms with Crippen molar-refractivity contribution in [1.82, 2.24) is 5.32 Å². The highest BCUT2D eigenvalue weighted by atomic mass is 16.7. The van der Waals surface area contributed by atoms with Gasteiger partial charge >= 0.3 is 6.09 Å². The van der Waals surface area contributed by atoms with Gasteiger partial charge in [0.2, 0.25) is 0 Å². The quantitative estimate of drug-likeness (QED) is 0.706. The number of ether oxygens (including phenoxy) is 3. The first-order chi connectivity index (χ1) is 6.35. The second kappa shape index (κ2) is 5.82. The summed E-state index contributed by atoms with van der Waals surface area (Å²) in [5.41, 5.74) is -0.489. The van der Waals surface area contributed by atoms with E-state index in [0.717, 1.165) is 0 Å². The Labute approximate surface area is 84.7 Å². The normalized spacial score (nSPS) is 13.5. The van der Waals surface area contributed by atoms with Gasteiger partial charge in [-0.15, -0.1) is 0 Å². The van der Waals surface area contributed by atoms with E-state index in [1.54, 1.807) is 27.7 Å². The van der Waals surface area contributed by atoms with Crippen LogP contribution in [0, 0.1) is 0 Å². The van der Waals surface area contributed by atoms with E-state index in [4.69, 9.17) is 14.2 Å². The first-order valence-corrected chi connectivity index (χ1v) is 4.46. The van der Waals surface area contributed by atoms with Crippen LogP contribution in [0.4, 0.5) is 4.79 Å². The van der Waals surface area contributed by atoms with Gasteiger partial charge in [0.15, 0.2) is 6.29 Å². The summed E-state index contributed by atoms with van der Waals surface area (Å²) in [4.78, 5) is 11.1. The minimum absolute atomic E-state index is 0.0733. The molecule has 14 heavy (non-hydrogen) atoms. The van der Waals surface area contributed by atoms with Crippen molar-refractivity contribution < 1.29 is 19.0 Å². The number of alkyl carbamates (subject to hydrolysis) is 1. The molecule has 0 heterocycles. The van der Waals surface area contributed by atoms with Crippen LogP contribution >= 0.6 is 0 Å². The zero-order valence-electron chi connectivity index (χ0n) is 9.42. The summed E-state index contributed by atoms with van der Waals surface area (Å²) in [5, 5.41) is 2.44. The molecule has 84 valence electrons. The van der Waals surface area contributed by atoms with Gasteiger partial charge in [-0.3, -0.25) is 5.32 Å². The first-order valence-electron chi connectivity index (χ1n) is 4.46. The lowest BCUT2D eigenvalue weighted by Gasteiger charge is -2.20. The third-order valence-electron chi connectivity index (χ3n) is 1.27. The van der Waals surface area contributed by atoms with Gasteiger partial charge in [-0.2, -0.15) is 0 Å². The second-order valence-corrected chi connectivity index (χ2v) is 3.79. The summed E-state index contributed by atoms with van der Waals surface area (Å²) in [5.74, 6) is 0. The van der Waals surface area contributed by atoms with Gasteiger partial charge in [0.1, 0.15) is 12.3 Å². The molecule has 0 aliphatic carbocycles. The Hall–Kier alpha value is -0.810. The van der Waals surface area contributed by atoms with E-state index < -0.39 is 11.7 Å². The molecule has 0 aliphatic rings. The van der Waals surface area contributed by atoms with Crippen LogP contribution in [0.2, 0.25) is 0 Å². The minimum Gasteiger partial charge on any atom is -0.444 e. The lowest BCUT2D eigenvalue weighted by molar-refractivity contribution is -0.115. The summed E-state index contributed by atoms with van der Waals surface area (Å²) in [6.45, 7) is 7.20. The Morgan fingerprint density at radius 3 is 2.43 bits per heavy atom. The van der Waals surface area contributed by atoms with Crippen LogP contribution in [0.5, 0.6) is 0 Å². The van der Waals surface area contributed by atoms with E-state index >= 15 is 0 Å². The Bertz CT molecular complexity index is 176. The molecule has 1 N–H and O–H groups in total. The Morgan fingerprint density at radius 1 is 1.43 bits per heavy atom. The molecule has 0 fully saturated rings. The molecule has 1 atom stereocenters. The van der Waals surface area contributed by atoms with Gasteiger partial charge in [-0.25, -0.2) is 4.79 Å². The number of rotatable bonds is 4. The smallest absolute Gasteiger partial charge is 0.409 e. The molecular formula is C9H19NO4. The fourth-order valence-electron chi connectivity index (χ4n) is 0.600. The largest absolute Gasteiger partial charge is 0.444 e. The SMILES string of the molecule is COC(C)OCNC(=O)OC(C)(C)C. The van der Waals surface area contributed by atoms with E-state index in [-0.39, 0.29) is 13.0 Å². The molecule has 5 heteroatoms. The van der Waals surface area contributed by atoms with E-state index in [1.165, 1.54) is 7.11 Å². The Morgan fingerprint density at radius 2 is 2.00 bits per heavy atom. The maximum Gasteiger partial charge on any atom is 0.409 e. The molecule has 1 amide bonds. The van der Waals surface area contributed by atoms with Crippen LogP contribution in [0.3, 0.4) is 0 Å². The number of methoxy groups -OCH3 is 1. The number of carbonyl (C=O) groups is 1. The molecule has 0 radical (unpaired) electrons. The van der Waals surface area contributed by atoms with Crippen molar-refractivity contribution in [3.63, 3.8) is 0 Å². The van der Waals surface area contributed by atoms with Gasteiger partial charge in [0.25, 0.3) is 0 Å². The van der Waals surface area contributed by atoms with Gasteiger partial charge in [0, 0.05) is 7.11 Å². The molecule has 0 spiro atoms. The maximum absolute atomic E-state index is 11.1. The monoisotopic (exact) mass is 205 g/mol. The van der Waals surface area contributed by atoms with Crippen LogP contribution in [0.1, 0.15) is 27.7 Å². The molecule has 0 aromatic heterocycles. The van der Waals surface area contributed by atoms with Crippen LogP contribution in [-0.4, -0.2) is 31.8 Å². The van der Waals surface area contributed by atoms with Crippen LogP contribution in [0.15, 0.2) is 0 Å². The number of amides is 1. The number of hydrogen-bond acceptors (Lipinski definition) is 4. The third-order valence-corrected chi connectivity index (χ3v) is 1.27. The average Bonchev–Trinajstić information content (AvgIpc) is 2.00. The van der Waals surface area contributed by atoms with E-state index in [2.05, 4.69) is 5.32 Å². The van der Waals surface area contributed by atoms with Crippen molar-refractivity contribution in [3.05, 3.63) is 0 Å². The fraction of sp³-hybridized carbons (Fsp3) is 0.889. The van der Waals surface area contributed by atoms with Crippen molar-refractivity contribution in [1.29, 1.82) is 0 Å². The van der Waals surface area contributed by atoms with Crippen LogP contribution < -0.4 is 5.32 Å². The highest BCUT2D eigenvalue weighted by Crippen LogP contribution is 2.06. The lowest BCUT2D eigenvalue weighted by atomic mass is 10.2. The lowest BCUT2D eigenvalue weighted by Crippen LogP contribution is -2.34. The van der Waals surface area contributed by atoms with Crippen molar-refractivity contribution >= 4 is 6.09 Å². The highest BCUT2D eigenvalue weighted by Gasteiger charge is 2.15. The molecule has 0 aromatic rings. The topological polar surface area (TPSA) is 56.8 Å². The van der Waals surface area contributed by atoms with E-state index in [9.17, 15) is 4.79 Å².